The first-order valence-corrected chi connectivity index (χ1v) is 9.22. The van der Waals surface area contributed by atoms with E-state index in [1.807, 2.05) is 60.7 Å². The first kappa shape index (κ1) is 18.9. The van der Waals surface area contributed by atoms with E-state index in [9.17, 15) is 9.59 Å². The van der Waals surface area contributed by atoms with Gasteiger partial charge in [-0.05, 0) is 56.4 Å². The Balaban J connectivity index is 1.94. The van der Waals surface area contributed by atoms with Gasteiger partial charge < -0.3 is 10.1 Å². The molecule has 0 radical (unpaired) electrons. The number of nitrogens with one attached hydrogen (secondary N) is 1. The molecular formula is C23H25NO3. The summed E-state index contributed by atoms with van der Waals surface area (Å²) in [7, 11) is 0. The highest BCUT2D eigenvalue weighted by Crippen LogP contribution is 2.29. The number of hydrogen-bond donors (Lipinski definition) is 1. The molecule has 0 aliphatic heterocycles. The fourth-order valence-electron chi connectivity index (χ4n) is 3.20. The molecule has 4 heteroatoms. The Morgan fingerprint density at radius 3 is 2.44 bits per heavy atom. The first-order chi connectivity index (χ1) is 12.8. The number of rotatable bonds is 2. The van der Waals surface area contributed by atoms with Crippen LogP contribution in [-0.2, 0) is 16.0 Å². The Hall–Kier alpha value is -2.88. The fourth-order valence-corrected chi connectivity index (χ4v) is 3.20. The largest absolute Gasteiger partial charge is 0.444 e. The number of benzene rings is 2. The molecule has 1 N–H and O–H groups in total. The molecule has 1 aliphatic rings. The molecule has 0 aromatic heterocycles. The number of carbonyl (C=O) groups is 2. The van der Waals surface area contributed by atoms with Crippen molar-refractivity contribution in [1.29, 1.82) is 0 Å². The topological polar surface area (TPSA) is 55.4 Å². The van der Waals surface area contributed by atoms with Crippen molar-refractivity contribution in [2.24, 2.45) is 0 Å². The van der Waals surface area contributed by atoms with E-state index >= 15 is 0 Å². The van der Waals surface area contributed by atoms with Crippen LogP contribution in [0, 0.1) is 0 Å². The molecule has 0 spiro atoms. The number of fused-ring (bicyclic) bond motifs is 1. The minimum Gasteiger partial charge on any atom is -0.444 e. The van der Waals surface area contributed by atoms with Crippen LogP contribution in [0.2, 0.25) is 0 Å². The third kappa shape index (κ3) is 4.85. The van der Waals surface area contributed by atoms with Gasteiger partial charge >= 0.3 is 6.09 Å². The van der Waals surface area contributed by atoms with Crippen LogP contribution in [0.1, 0.15) is 43.9 Å². The van der Waals surface area contributed by atoms with Crippen LogP contribution >= 0.6 is 0 Å². The smallest absolute Gasteiger partial charge is 0.408 e. The molecule has 140 valence electrons. The summed E-state index contributed by atoms with van der Waals surface area (Å²) in [4.78, 5) is 25.5. The van der Waals surface area contributed by atoms with Crippen LogP contribution in [0.5, 0.6) is 0 Å². The van der Waals surface area contributed by atoms with Crippen molar-refractivity contribution in [3.8, 4) is 0 Å². The van der Waals surface area contributed by atoms with Crippen LogP contribution in [0.3, 0.4) is 0 Å². The molecule has 1 aliphatic carbocycles. The number of aryl methyl sites for hydroxylation is 1. The second-order valence-electron chi connectivity index (χ2n) is 7.73. The number of Topliss-reactive ketones (excluding diaryl/α,β-unsaturated/α-hetero) is 1. The van der Waals surface area contributed by atoms with Crippen molar-refractivity contribution in [3.63, 3.8) is 0 Å². The molecular weight excluding hydrogens is 338 g/mol. The standard InChI is InChI=1S/C23H25NO3/c1-23(2,3)27-22(26)24-20-14-13-17-11-7-8-12-18(17)19(21(20)25)15-16-9-5-4-6-10-16/h4-12,15,20H,13-14H2,1-3H3,(H,24,26). The number of alkyl carbamates (subject to hydrolysis) is 1. The summed E-state index contributed by atoms with van der Waals surface area (Å²) in [6.45, 7) is 5.41. The SMILES string of the molecule is CC(C)(C)OC(=O)NC1CCc2ccccc2C(=Cc2ccccc2)C1=O. The van der Waals surface area contributed by atoms with Crippen LogP contribution < -0.4 is 5.32 Å². The zero-order valence-electron chi connectivity index (χ0n) is 16.0. The first-order valence-electron chi connectivity index (χ1n) is 9.22. The van der Waals surface area contributed by atoms with E-state index in [1.54, 1.807) is 20.8 Å². The lowest BCUT2D eigenvalue weighted by Crippen LogP contribution is -2.43. The van der Waals surface area contributed by atoms with Gasteiger partial charge in [0, 0.05) is 5.57 Å². The van der Waals surface area contributed by atoms with Crippen molar-refractivity contribution >= 4 is 23.5 Å². The normalized spacial score (nSPS) is 18.6. The van der Waals surface area contributed by atoms with Crippen LogP contribution in [0.15, 0.2) is 54.6 Å². The van der Waals surface area contributed by atoms with Crippen molar-refractivity contribution in [1.82, 2.24) is 5.32 Å². The molecule has 27 heavy (non-hydrogen) atoms. The van der Waals surface area contributed by atoms with Crippen LogP contribution in [0.25, 0.3) is 11.6 Å². The fraction of sp³-hybridized carbons (Fsp3) is 0.304. The van der Waals surface area contributed by atoms with Crippen molar-refractivity contribution in [2.75, 3.05) is 0 Å². The second kappa shape index (κ2) is 7.78. The van der Waals surface area contributed by atoms with E-state index in [-0.39, 0.29) is 5.78 Å². The van der Waals surface area contributed by atoms with Gasteiger partial charge in [0.25, 0.3) is 0 Å². The summed E-state index contributed by atoms with van der Waals surface area (Å²) in [5.41, 5.74) is 3.01. The maximum atomic E-state index is 13.3. The Bertz CT molecular complexity index is 863. The highest BCUT2D eigenvalue weighted by Gasteiger charge is 2.30. The number of carbonyl (C=O) groups excluding carboxylic acids is 2. The van der Waals surface area contributed by atoms with Gasteiger partial charge in [-0.2, -0.15) is 0 Å². The second-order valence-corrected chi connectivity index (χ2v) is 7.73. The van der Waals surface area contributed by atoms with Crippen molar-refractivity contribution in [3.05, 3.63) is 71.3 Å². The van der Waals surface area contributed by atoms with E-state index in [0.29, 0.717) is 18.4 Å². The molecule has 0 saturated heterocycles. The zero-order valence-corrected chi connectivity index (χ0v) is 16.0. The number of hydrogen-bond acceptors (Lipinski definition) is 3. The van der Waals surface area contributed by atoms with Gasteiger partial charge in [-0.1, -0.05) is 54.6 Å². The lowest BCUT2D eigenvalue weighted by Gasteiger charge is -2.22. The summed E-state index contributed by atoms with van der Waals surface area (Å²) in [6.07, 6.45) is 2.59. The minimum atomic E-state index is -0.609. The van der Waals surface area contributed by atoms with Gasteiger partial charge in [-0.15, -0.1) is 0 Å². The Labute approximate surface area is 160 Å². The molecule has 1 unspecified atom stereocenters. The summed E-state index contributed by atoms with van der Waals surface area (Å²) < 4.78 is 5.34. The minimum absolute atomic E-state index is 0.0883. The average Bonchev–Trinajstić information content (AvgIpc) is 2.73. The third-order valence-electron chi connectivity index (χ3n) is 4.39. The Kier molecular flexibility index (Phi) is 5.45. The molecule has 2 aromatic rings. The van der Waals surface area contributed by atoms with E-state index in [2.05, 4.69) is 5.32 Å². The predicted molar refractivity (Wildman–Crippen MR) is 107 cm³/mol. The van der Waals surface area contributed by atoms with Gasteiger partial charge in [0.05, 0.1) is 6.04 Å². The van der Waals surface area contributed by atoms with E-state index < -0.39 is 17.7 Å². The molecule has 0 fully saturated rings. The van der Waals surface area contributed by atoms with Gasteiger partial charge in [-0.3, -0.25) is 4.79 Å². The Morgan fingerprint density at radius 2 is 1.74 bits per heavy atom. The van der Waals surface area contributed by atoms with E-state index in [4.69, 9.17) is 4.74 Å². The average molecular weight is 363 g/mol. The highest BCUT2D eigenvalue weighted by molar-refractivity contribution is 6.28. The van der Waals surface area contributed by atoms with E-state index in [0.717, 1.165) is 16.7 Å². The summed E-state index contributed by atoms with van der Waals surface area (Å²) in [5, 5.41) is 2.76. The molecule has 4 nitrogen and oxygen atoms in total. The quantitative estimate of drug-likeness (QED) is 0.625. The number of amides is 1. The number of ketones is 1. The maximum absolute atomic E-state index is 13.3. The lowest BCUT2D eigenvalue weighted by molar-refractivity contribution is -0.115. The number of ether oxygens (including phenoxy) is 1. The van der Waals surface area contributed by atoms with Crippen LogP contribution in [-0.4, -0.2) is 23.5 Å². The highest BCUT2D eigenvalue weighted by atomic mass is 16.6. The summed E-state index contributed by atoms with van der Waals surface area (Å²) in [5.74, 6) is -0.0883. The molecule has 0 bridgehead atoms. The molecule has 0 heterocycles. The van der Waals surface area contributed by atoms with Gasteiger partial charge in [0.1, 0.15) is 5.60 Å². The van der Waals surface area contributed by atoms with Crippen LogP contribution in [0.4, 0.5) is 4.79 Å². The lowest BCUT2D eigenvalue weighted by atomic mass is 9.95. The predicted octanol–water partition coefficient (Wildman–Crippen LogP) is 4.64. The zero-order chi connectivity index (χ0) is 19.4. The Morgan fingerprint density at radius 1 is 1.07 bits per heavy atom. The van der Waals surface area contributed by atoms with E-state index in [1.165, 1.54) is 0 Å². The van der Waals surface area contributed by atoms with Gasteiger partial charge in [-0.25, -0.2) is 4.79 Å². The molecule has 0 saturated carbocycles. The summed E-state index contributed by atoms with van der Waals surface area (Å²) in [6, 6.07) is 17.1. The molecule has 3 rings (SSSR count). The van der Waals surface area contributed by atoms with Gasteiger partial charge in [0.15, 0.2) is 5.78 Å². The maximum Gasteiger partial charge on any atom is 0.408 e. The third-order valence-corrected chi connectivity index (χ3v) is 4.39. The molecule has 2 aromatic carbocycles. The van der Waals surface area contributed by atoms with Gasteiger partial charge in [0.2, 0.25) is 0 Å². The monoisotopic (exact) mass is 363 g/mol. The van der Waals surface area contributed by atoms with Crippen molar-refractivity contribution in [2.45, 2.75) is 45.3 Å². The molecule has 1 atom stereocenters. The van der Waals surface area contributed by atoms with Crippen molar-refractivity contribution < 1.29 is 14.3 Å². The summed E-state index contributed by atoms with van der Waals surface area (Å²) >= 11 is 0. The molecule has 1 amide bonds.